The highest BCUT2D eigenvalue weighted by Crippen LogP contribution is 2.23. The van der Waals surface area contributed by atoms with Gasteiger partial charge in [-0.3, -0.25) is 0 Å². The molecule has 1 saturated carbocycles. The fraction of sp³-hybridized carbons (Fsp3) is 1.00. The number of aliphatic hydroxyl groups excluding tert-OH is 1. The quantitative estimate of drug-likeness (QED) is 0.675. The Kier molecular flexibility index (Phi) is 4.02. The van der Waals surface area contributed by atoms with Crippen LogP contribution in [0.15, 0.2) is 0 Å². The predicted molar refractivity (Wildman–Crippen MR) is 51.1 cm³/mol. The Balaban J connectivity index is 2.09. The van der Waals surface area contributed by atoms with E-state index in [4.69, 9.17) is 0 Å². The van der Waals surface area contributed by atoms with Crippen LogP contribution in [0.2, 0.25) is 0 Å². The predicted octanol–water partition coefficient (Wildman–Crippen LogP) is 1.54. The summed E-state index contributed by atoms with van der Waals surface area (Å²) in [4.78, 5) is 0. The summed E-state index contributed by atoms with van der Waals surface area (Å²) in [5, 5.41) is 12.7. The largest absolute Gasteiger partial charge is 0.393 e. The molecule has 0 aromatic carbocycles. The number of aliphatic hydroxyl groups is 1. The molecular weight excluding hydrogens is 150 g/mol. The Morgan fingerprint density at radius 3 is 2.33 bits per heavy atom. The molecule has 12 heavy (non-hydrogen) atoms. The summed E-state index contributed by atoms with van der Waals surface area (Å²) in [5.74, 6) is 0.802. The molecule has 0 aromatic heterocycles. The summed E-state index contributed by atoms with van der Waals surface area (Å²) in [5.41, 5.74) is 0. The molecule has 0 bridgehead atoms. The van der Waals surface area contributed by atoms with E-state index in [1.165, 1.54) is 12.8 Å². The van der Waals surface area contributed by atoms with Crippen LogP contribution < -0.4 is 5.32 Å². The molecule has 0 atom stereocenters. The van der Waals surface area contributed by atoms with Gasteiger partial charge in [0.2, 0.25) is 0 Å². The zero-order valence-corrected chi connectivity index (χ0v) is 8.21. The van der Waals surface area contributed by atoms with Gasteiger partial charge < -0.3 is 10.4 Å². The van der Waals surface area contributed by atoms with Gasteiger partial charge in [-0.2, -0.15) is 0 Å². The second-order valence-electron chi connectivity index (χ2n) is 4.24. The fourth-order valence-electron chi connectivity index (χ4n) is 1.75. The van der Waals surface area contributed by atoms with E-state index in [1.807, 2.05) is 0 Å². The highest BCUT2D eigenvalue weighted by Gasteiger charge is 2.18. The molecule has 0 radical (unpaired) electrons. The lowest BCUT2D eigenvalue weighted by atomic mass is 9.87. The third-order valence-electron chi connectivity index (χ3n) is 2.63. The molecule has 2 heteroatoms. The highest BCUT2D eigenvalue weighted by molar-refractivity contribution is 4.73. The molecule has 1 rings (SSSR count). The minimum absolute atomic E-state index is 0.0136. The molecule has 0 unspecified atom stereocenters. The maximum atomic E-state index is 9.28. The minimum Gasteiger partial charge on any atom is -0.393 e. The molecule has 1 aliphatic carbocycles. The minimum atomic E-state index is -0.0136. The summed E-state index contributed by atoms with van der Waals surface area (Å²) in [6.45, 7) is 5.49. The van der Waals surface area contributed by atoms with Crippen LogP contribution in [0.1, 0.15) is 39.5 Å². The maximum absolute atomic E-state index is 9.28. The molecule has 0 saturated heterocycles. The van der Waals surface area contributed by atoms with Gasteiger partial charge in [-0.25, -0.2) is 0 Å². The van der Waals surface area contributed by atoms with Crippen molar-refractivity contribution in [1.82, 2.24) is 5.32 Å². The van der Waals surface area contributed by atoms with Gasteiger partial charge in [0.25, 0.3) is 0 Å². The summed E-state index contributed by atoms with van der Waals surface area (Å²) < 4.78 is 0. The van der Waals surface area contributed by atoms with Gasteiger partial charge in [-0.1, -0.05) is 13.8 Å². The van der Waals surface area contributed by atoms with Crippen molar-refractivity contribution in [3.8, 4) is 0 Å². The molecule has 2 N–H and O–H groups in total. The Hall–Kier alpha value is -0.0800. The molecule has 0 spiro atoms. The zero-order valence-electron chi connectivity index (χ0n) is 8.21. The van der Waals surface area contributed by atoms with Crippen molar-refractivity contribution in [3.63, 3.8) is 0 Å². The lowest BCUT2D eigenvalue weighted by Gasteiger charge is -2.26. The maximum Gasteiger partial charge on any atom is 0.0540 e. The first-order chi connectivity index (χ1) is 5.68. The van der Waals surface area contributed by atoms with Crippen molar-refractivity contribution in [2.45, 2.75) is 51.7 Å². The molecule has 0 amide bonds. The van der Waals surface area contributed by atoms with Gasteiger partial charge in [0.15, 0.2) is 0 Å². The summed E-state index contributed by atoms with van der Waals surface area (Å²) in [6, 6.07) is 0.594. The SMILES string of the molecule is CC(C)NC[C@H]1CC[C@H](O)CC1. The van der Waals surface area contributed by atoms with Crippen molar-refractivity contribution in [3.05, 3.63) is 0 Å². The summed E-state index contributed by atoms with van der Waals surface area (Å²) in [7, 11) is 0. The molecule has 72 valence electrons. The molecule has 0 aliphatic heterocycles. The van der Waals surface area contributed by atoms with Crippen molar-refractivity contribution in [2.24, 2.45) is 5.92 Å². The van der Waals surface area contributed by atoms with Gasteiger partial charge in [-0.15, -0.1) is 0 Å². The number of hydrogen-bond donors (Lipinski definition) is 2. The van der Waals surface area contributed by atoms with E-state index in [2.05, 4.69) is 19.2 Å². The van der Waals surface area contributed by atoms with Crippen molar-refractivity contribution >= 4 is 0 Å². The Labute approximate surface area is 75.4 Å². The van der Waals surface area contributed by atoms with Gasteiger partial charge in [0.1, 0.15) is 0 Å². The topological polar surface area (TPSA) is 32.3 Å². The second kappa shape index (κ2) is 4.83. The van der Waals surface area contributed by atoms with Crippen molar-refractivity contribution in [2.75, 3.05) is 6.54 Å². The lowest BCUT2D eigenvalue weighted by molar-refractivity contribution is 0.108. The zero-order chi connectivity index (χ0) is 8.97. The Morgan fingerprint density at radius 2 is 1.83 bits per heavy atom. The Morgan fingerprint density at radius 1 is 1.25 bits per heavy atom. The van der Waals surface area contributed by atoms with E-state index in [0.29, 0.717) is 6.04 Å². The van der Waals surface area contributed by atoms with Crippen LogP contribution in [0, 0.1) is 5.92 Å². The molecule has 2 nitrogen and oxygen atoms in total. The van der Waals surface area contributed by atoms with E-state index in [0.717, 1.165) is 25.3 Å². The lowest BCUT2D eigenvalue weighted by Crippen LogP contribution is -2.31. The summed E-state index contributed by atoms with van der Waals surface area (Å²) >= 11 is 0. The van der Waals surface area contributed by atoms with E-state index >= 15 is 0 Å². The standard InChI is InChI=1S/C10H21NO/c1-8(2)11-7-9-3-5-10(12)6-4-9/h8-12H,3-7H2,1-2H3/t9-,10-. The molecular formula is C10H21NO. The van der Waals surface area contributed by atoms with Crippen LogP contribution in [0.25, 0.3) is 0 Å². The van der Waals surface area contributed by atoms with E-state index in [1.54, 1.807) is 0 Å². The fourth-order valence-corrected chi connectivity index (χ4v) is 1.75. The summed E-state index contributed by atoms with van der Waals surface area (Å²) in [6.07, 6.45) is 4.39. The van der Waals surface area contributed by atoms with Crippen LogP contribution in [-0.4, -0.2) is 23.8 Å². The third kappa shape index (κ3) is 3.55. The van der Waals surface area contributed by atoms with Crippen molar-refractivity contribution < 1.29 is 5.11 Å². The number of rotatable bonds is 3. The number of nitrogens with one attached hydrogen (secondary N) is 1. The van der Waals surface area contributed by atoms with E-state index < -0.39 is 0 Å². The first kappa shape index (κ1) is 10.0. The highest BCUT2D eigenvalue weighted by atomic mass is 16.3. The Bertz CT molecular complexity index is 117. The van der Waals surface area contributed by atoms with Crippen molar-refractivity contribution in [1.29, 1.82) is 0 Å². The van der Waals surface area contributed by atoms with Gasteiger partial charge in [-0.05, 0) is 38.1 Å². The van der Waals surface area contributed by atoms with Gasteiger partial charge in [0.05, 0.1) is 6.10 Å². The van der Waals surface area contributed by atoms with Gasteiger partial charge in [0, 0.05) is 6.04 Å². The third-order valence-corrected chi connectivity index (χ3v) is 2.63. The van der Waals surface area contributed by atoms with E-state index in [9.17, 15) is 5.11 Å². The molecule has 0 aromatic rings. The average molecular weight is 171 g/mol. The average Bonchev–Trinajstić information content (AvgIpc) is 2.03. The first-order valence-corrected chi connectivity index (χ1v) is 5.10. The molecule has 0 heterocycles. The van der Waals surface area contributed by atoms with Gasteiger partial charge >= 0.3 is 0 Å². The van der Waals surface area contributed by atoms with Crippen LogP contribution in [-0.2, 0) is 0 Å². The first-order valence-electron chi connectivity index (χ1n) is 5.10. The molecule has 1 fully saturated rings. The normalized spacial score (nSPS) is 31.0. The van der Waals surface area contributed by atoms with Crippen LogP contribution in [0.5, 0.6) is 0 Å². The smallest absolute Gasteiger partial charge is 0.0540 e. The monoisotopic (exact) mass is 171 g/mol. The number of hydrogen-bond acceptors (Lipinski definition) is 2. The van der Waals surface area contributed by atoms with Crippen LogP contribution in [0.4, 0.5) is 0 Å². The second-order valence-corrected chi connectivity index (χ2v) is 4.24. The van der Waals surface area contributed by atoms with Crippen LogP contribution in [0.3, 0.4) is 0 Å². The molecule has 1 aliphatic rings. The van der Waals surface area contributed by atoms with E-state index in [-0.39, 0.29) is 6.10 Å². The van der Waals surface area contributed by atoms with Crippen LogP contribution >= 0.6 is 0 Å².